The Balaban J connectivity index is 1.72. The van der Waals surface area contributed by atoms with Gasteiger partial charge in [-0.2, -0.15) is 8.78 Å². The van der Waals surface area contributed by atoms with Crippen molar-refractivity contribution >= 4 is 11.6 Å². The largest absolute Gasteiger partial charge is 0.433 e. The second-order valence-electron chi connectivity index (χ2n) is 7.78. The van der Waals surface area contributed by atoms with Crippen molar-refractivity contribution in [2.45, 2.75) is 19.5 Å². The fourth-order valence-electron chi connectivity index (χ4n) is 3.56. The summed E-state index contributed by atoms with van der Waals surface area (Å²) in [5.74, 6) is -1.22. The molecule has 1 aromatic carbocycles. The van der Waals surface area contributed by atoms with Gasteiger partial charge in [-0.15, -0.1) is 0 Å². The summed E-state index contributed by atoms with van der Waals surface area (Å²) in [6.45, 7) is -3.03. The number of aromatic nitrogens is 4. The number of benzene rings is 1. The first-order valence-corrected chi connectivity index (χ1v) is 10.8. The predicted octanol–water partition coefficient (Wildman–Crippen LogP) is 4.04. The molecule has 3 aromatic heterocycles. The molecule has 0 unspecified atom stereocenters. The molecule has 2 N–H and O–H groups in total. The third-order valence-corrected chi connectivity index (χ3v) is 5.32. The van der Waals surface area contributed by atoms with Crippen LogP contribution < -0.4 is 16.0 Å². The van der Waals surface area contributed by atoms with Crippen molar-refractivity contribution in [1.82, 2.24) is 19.5 Å². The van der Waals surface area contributed by atoms with Crippen LogP contribution in [-0.4, -0.2) is 31.9 Å². The molecule has 0 amide bonds. The van der Waals surface area contributed by atoms with Crippen molar-refractivity contribution < 1.29 is 22.7 Å². The number of pyridine rings is 2. The number of ketones is 1. The van der Waals surface area contributed by atoms with Crippen LogP contribution in [-0.2, 0) is 13.5 Å². The maximum atomic E-state index is 13.5. The van der Waals surface area contributed by atoms with E-state index in [1.807, 2.05) is 0 Å². The van der Waals surface area contributed by atoms with Crippen molar-refractivity contribution in [3.8, 4) is 28.3 Å². The molecule has 0 atom stereocenters. The molecule has 0 aliphatic carbocycles. The average Bonchev–Trinajstić information content (AvgIpc) is 2.85. The van der Waals surface area contributed by atoms with Crippen molar-refractivity contribution in [2.24, 2.45) is 7.05 Å². The third kappa shape index (κ3) is 5.40. The van der Waals surface area contributed by atoms with Gasteiger partial charge >= 0.3 is 6.61 Å². The highest BCUT2D eigenvalue weighted by Crippen LogP contribution is 2.31. The highest BCUT2D eigenvalue weighted by Gasteiger charge is 2.21. The lowest BCUT2D eigenvalue weighted by Gasteiger charge is -2.13. The van der Waals surface area contributed by atoms with E-state index >= 15 is 0 Å². The minimum absolute atomic E-state index is 0.00225. The maximum absolute atomic E-state index is 13.5. The van der Waals surface area contributed by atoms with E-state index < -0.39 is 18.2 Å². The Morgan fingerprint density at radius 3 is 2.44 bits per heavy atom. The zero-order chi connectivity index (χ0) is 25.8. The van der Waals surface area contributed by atoms with Gasteiger partial charge in [0.05, 0.1) is 17.1 Å². The molecule has 11 heteroatoms. The van der Waals surface area contributed by atoms with Crippen LogP contribution in [0.4, 0.5) is 19.0 Å². The maximum Gasteiger partial charge on any atom is 0.387 e. The van der Waals surface area contributed by atoms with E-state index in [1.165, 1.54) is 65.5 Å². The molecule has 3 heterocycles. The van der Waals surface area contributed by atoms with Gasteiger partial charge in [0.25, 0.3) is 0 Å². The zero-order valence-corrected chi connectivity index (χ0v) is 19.0. The van der Waals surface area contributed by atoms with Crippen molar-refractivity contribution in [2.75, 3.05) is 5.73 Å². The van der Waals surface area contributed by atoms with Crippen LogP contribution in [0.3, 0.4) is 0 Å². The fraction of sp³-hybridized carbons (Fsp3) is 0.160. The number of anilines is 1. The molecule has 36 heavy (non-hydrogen) atoms. The second-order valence-corrected chi connectivity index (χ2v) is 7.78. The van der Waals surface area contributed by atoms with Gasteiger partial charge in [-0.25, -0.2) is 14.4 Å². The quantitative estimate of drug-likeness (QED) is 0.367. The Morgan fingerprint density at radius 1 is 1.06 bits per heavy atom. The van der Waals surface area contributed by atoms with Crippen LogP contribution in [0.5, 0.6) is 5.75 Å². The number of carbonyl (C=O) groups excluding carboxylic acids is 1. The van der Waals surface area contributed by atoms with E-state index in [0.717, 1.165) is 0 Å². The normalized spacial score (nSPS) is 11.0. The van der Waals surface area contributed by atoms with Gasteiger partial charge in [-0.3, -0.25) is 14.6 Å². The Kier molecular flexibility index (Phi) is 7.09. The van der Waals surface area contributed by atoms with Crippen LogP contribution in [0.25, 0.3) is 22.5 Å². The number of alkyl halides is 2. The minimum Gasteiger partial charge on any atom is -0.433 e. The van der Waals surface area contributed by atoms with Gasteiger partial charge in [0.2, 0.25) is 5.56 Å². The summed E-state index contributed by atoms with van der Waals surface area (Å²) >= 11 is 0. The Labute approximate surface area is 203 Å². The SMILES string of the molecule is Cn1cc(-c2nc(C(=O)CCc3ncccc3OC(F)F)c(N)nc2-c2ccc(F)cc2)ccc1=O. The van der Waals surface area contributed by atoms with Gasteiger partial charge in [0.15, 0.2) is 11.6 Å². The number of nitrogen functional groups attached to an aromatic ring is 1. The first kappa shape index (κ1) is 24.6. The lowest BCUT2D eigenvalue weighted by molar-refractivity contribution is -0.0507. The van der Waals surface area contributed by atoms with E-state index in [-0.39, 0.29) is 47.1 Å². The lowest BCUT2D eigenvalue weighted by Crippen LogP contribution is -2.15. The number of carbonyl (C=O) groups is 1. The van der Waals surface area contributed by atoms with E-state index in [2.05, 4.69) is 19.7 Å². The highest BCUT2D eigenvalue weighted by atomic mass is 19.3. The number of halogens is 3. The number of hydrogen-bond acceptors (Lipinski definition) is 7. The van der Waals surface area contributed by atoms with Gasteiger partial charge in [-0.05, 0) is 42.5 Å². The summed E-state index contributed by atoms with van der Waals surface area (Å²) in [5, 5.41) is 0. The predicted molar refractivity (Wildman–Crippen MR) is 126 cm³/mol. The average molecular weight is 495 g/mol. The minimum atomic E-state index is -3.03. The molecule has 0 saturated heterocycles. The number of rotatable bonds is 8. The molecule has 0 aliphatic heterocycles. The number of aryl methyl sites for hydroxylation is 2. The first-order chi connectivity index (χ1) is 17.2. The summed E-state index contributed by atoms with van der Waals surface area (Å²) in [7, 11) is 1.56. The number of hydrogen-bond donors (Lipinski definition) is 1. The summed E-state index contributed by atoms with van der Waals surface area (Å²) in [4.78, 5) is 37.8. The number of ether oxygens (including phenoxy) is 1. The van der Waals surface area contributed by atoms with Crippen LogP contribution in [0, 0.1) is 5.82 Å². The van der Waals surface area contributed by atoms with Gasteiger partial charge in [0, 0.05) is 49.5 Å². The summed E-state index contributed by atoms with van der Waals surface area (Å²) in [5.41, 5.74) is 7.43. The zero-order valence-electron chi connectivity index (χ0n) is 19.0. The topological polar surface area (TPSA) is 113 Å². The fourth-order valence-corrected chi connectivity index (χ4v) is 3.56. The van der Waals surface area contributed by atoms with Crippen molar-refractivity contribution in [3.05, 3.63) is 88.5 Å². The summed E-state index contributed by atoms with van der Waals surface area (Å²) in [6, 6.07) is 11.2. The lowest BCUT2D eigenvalue weighted by atomic mass is 10.0. The molecular weight excluding hydrogens is 475 g/mol. The van der Waals surface area contributed by atoms with Crippen LogP contribution in [0.2, 0.25) is 0 Å². The van der Waals surface area contributed by atoms with Crippen LogP contribution in [0.15, 0.2) is 65.7 Å². The molecular formula is C25H20F3N5O3. The molecule has 0 radical (unpaired) electrons. The first-order valence-electron chi connectivity index (χ1n) is 10.8. The monoisotopic (exact) mass is 495 g/mol. The Hall–Kier alpha value is -4.54. The Bertz CT molecular complexity index is 1470. The summed E-state index contributed by atoms with van der Waals surface area (Å²) < 4.78 is 44.7. The van der Waals surface area contributed by atoms with Crippen molar-refractivity contribution in [3.63, 3.8) is 0 Å². The molecule has 0 bridgehead atoms. The third-order valence-electron chi connectivity index (χ3n) is 5.32. The molecule has 4 aromatic rings. The molecule has 0 spiro atoms. The second kappa shape index (κ2) is 10.4. The molecule has 0 aliphatic rings. The molecule has 8 nitrogen and oxygen atoms in total. The van der Waals surface area contributed by atoms with E-state index in [9.17, 15) is 22.8 Å². The van der Waals surface area contributed by atoms with E-state index in [4.69, 9.17) is 5.73 Å². The summed E-state index contributed by atoms with van der Waals surface area (Å²) in [6.07, 6.45) is 2.78. The van der Waals surface area contributed by atoms with Crippen LogP contribution in [0.1, 0.15) is 22.6 Å². The number of nitrogens with zero attached hydrogens (tertiary/aromatic N) is 4. The van der Waals surface area contributed by atoms with E-state index in [0.29, 0.717) is 16.8 Å². The van der Waals surface area contributed by atoms with E-state index in [1.54, 1.807) is 7.05 Å². The number of nitrogens with two attached hydrogens (primary N) is 1. The Morgan fingerprint density at radius 2 is 1.75 bits per heavy atom. The highest BCUT2D eigenvalue weighted by molar-refractivity contribution is 5.99. The molecule has 0 fully saturated rings. The van der Waals surface area contributed by atoms with Crippen LogP contribution >= 0.6 is 0 Å². The smallest absolute Gasteiger partial charge is 0.387 e. The van der Waals surface area contributed by atoms with Crippen molar-refractivity contribution in [1.29, 1.82) is 0 Å². The molecule has 4 rings (SSSR count). The number of Topliss-reactive ketones (excluding diaryl/α,β-unsaturated/α-hetero) is 1. The standard InChI is InChI=1S/C25H20F3N5O3/c1-33-13-15(6-11-20(33)35)22-21(14-4-7-16(26)8-5-14)32-24(29)23(31-22)18(34)10-9-17-19(36-25(27)28)3-2-12-30-17/h2-8,11-13,25H,9-10H2,1H3,(H2,29,32). The molecule has 184 valence electrons. The molecule has 0 saturated carbocycles. The van der Waals surface area contributed by atoms with Gasteiger partial charge in [0.1, 0.15) is 17.3 Å². The van der Waals surface area contributed by atoms with Gasteiger partial charge < -0.3 is 15.0 Å². The van der Waals surface area contributed by atoms with Gasteiger partial charge in [-0.1, -0.05) is 0 Å².